The Morgan fingerprint density at radius 3 is 2.44 bits per heavy atom. The highest BCUT2D eigenvalue weighted by atomic mass is 16.1. The van der Waals surface area contributed by atoms with Gasteiger partial charge >= 0.3 is 0 Å². The van der Waals surface area contributed by atoms with Crippen molar-refractivity contribution in [2.75, 3.05) is 5.73 Å². The molecule has 1 heterocycles. The van der Waals surface area contributed by atoms with Gasteiger partial charge in [-0.25, -0.2) is 4.98 Å². The Bertz CT molecular complexity index is 635. The van der Waals surface area contributed by atoms with Crippen molar-refractivity contribution in [3.8, 4) is 0 Å². The first-order valence-electron chi connectivity index (χ1n) is 6.05. The molecule has 0 fully saturated rings. The molecule has 0 saturated carbocycles. The number of benzene rings is 1. The molecule has 18 heavy (non-hydrogen) atoms. The first-order chi connectivity index (χ1) is 8.65. The molecule has 2 N–H and O–H groups in total. The molecule has 3 rings (SSSR count). The number of hydrogen-bond donors (Lipinski definition) is 1. The molecule has 1 aromatic heterocycles. The molecule has 0 unspecified atom stereocenters. The zero-order valence-corrected chi connectivity index (χ0v) is 10.3. The lowest BCUT2D eigenvalue weighted by molar-refractivity contribution is 0.695. The maximum Gasteiger partial charge on any atom is 0.254 e. The van der Waals surface area contributed by atoms with Crippen molar-refractivity contribution in [3.63, 3.8) is 0 Å². The summed E-state index contributed by atoms with van der Waals surface area (Å²) < 4.78 is 1.37. The molecule has 0 aliphatic heterocycles. The Balaban J connectivity index is 1.98. The van der Waals surface area contributed by atoms with Crippen molar-refractivity contribution >= 4 is 5.95 Å². The number of hydrogen-bond acceptors (Lipinski definition) is 3. The molecule has 0 spiro atoms. The van der Waals surface area contributed by atoms with Crippen LogP contribution in [0.2, 0.25) is 0 Å². The number of rotatable bonds is 1. The highest BCUT2D eigenvalue weighted by Gasteiger charge is 2.24. The molecule has 0 bridgehead atoms. The van der Waals surface area contributed by atoms with Gasteiger partial charge in [0.2, 0.25) is 5.95 Å². The third kappa shape index (κ3) is 1.70. The molecule has 0 amide bonds. The van der Waals surface area contributed by atoms with Crippen LogP contribution in [0.3, 0.4) is 0 Å². The van der Waals surface area contributed by atoms with Gasteiger partial charge in [0, 0.05) is 19.0 Å². The Morgan fingerprint density at radius 2 is 1.89 bits per heavy atom. The summed E-state index contributed by atoms with van der Waals surface area (Å²) in [5.74, 6) is 0.562. The van der Waals surface area contributed by atoms with Crippen molar-refractivity contribution < 1.29 is 0 Å². The van der Waals surface area contributed by atoms with E-state index in [1.54, 1.807) is 13.1 Å². The van der Waals surface area contributed by atoms with Crippen LogP contribution in [0.4, 0.5) is 5.95 Å². The van der Waals surface area contributed by atoms with E-state index in [4.69, 9.17) is 5.73 Å². The SMILES string of the molecule is Cn1c(N)nc(C2Cc3ccccc3C2)cc1=O. The fourth-order valence-corrected chi connectivity index (χ4v) is 2.55. The van der Waals surface area contributed by atoms with Crippen molar-refractivity contribution in [3.05, 3.63) is 57.5 Å². The van der Waals surface area contributed by atoms with E-state index in [-0.39, 0.29) is 17.4 Å². The van der Waals surface area contributed by atoms with Crippen molar-refractivity contribution in [2.45, 2.75) is 18.8 Å². The zero-order chi connectivity index (χ0) is 12.7. The van der Waals surface area contributed by atoms with E-state index in [2.05, 4.69) is 17.1 Å². The lowest BCUT2D eigenvalue weighted by atomic mass is 10.0. The Hall–Kier alpha value is -2.10. The van der Waals surface area contributed by atoms with Gasteiger partial charge in [0.1, 0.15) is 0 Å². The van der Waals surface area contributed by atoms with Crippen molar-refractivity contribution in [2.24, 2.45) is 7.05 Å². The minimum absolute atomic E-state index is 0.0894. The average Bonchev–Trinajstić information content (AvgIpc) is 2.79. The lowest BCUT2D eigenvalue weighted by Crippen LogP contribution is -2.22. The minimum atomic E-state index is -0.0894. The summed E-state index contributed by atoms with van der Waals surface area (Å²) in [5, 5.41) is 0. The van der Waals surface area contributed by atoms with Gasteiger partial charge in [0.15, 0.2) is 0 Å². The molecule has 1 aliphatic carbocycles. The Kier molecular flexibility index (Phi) is 2.44. The van der Waals surface area contributed by atoms with E-state index in [1.165, 1.54) is 15.7 Å². The highest BCUT2D eigenvalue weighted by molar-refractivity contribution is 5.36. The van der Waals surface area contributed by atoms with Gasteiger partial charge in [-0.15, -0.1) is 0 Å². The molecule has 92 valence electrons. The van der Waals surface area contributed by atoms with Crippen LogP contribution in [0, 0.1) is 0 Å². The van der Waals surface area contributed by atoms with E-state index in [0.29, 0.717) is 0 Å². The molecule has 4 heteroatoms. The fraction of sp³-hybridized carbons (Fsp3) is 0.286. The number of anilines is 1. The Labute approximate surface area is 105 Å². The third-order valence-corrected chi connectivity index (χ3v) is 3.66. The fourth-order valence-electron chi connectivity index (χ4n) is 2.55. The minimum Gasteiger partial charge on any atom is -0.369 e. The van der Waals surface area contributed by atoms with E-state index in [9.17, 15) is 4.79 Å². The first-order valence-corrected chi connectivity index (χ1v) is 6.05. The predicted octanol–water partition coefficient (Wildman–Crippen LogP) is 1.24. The van der Waals surface area contributed by atoms with Gasteiger partial charge in [0.25, 0.3) is 5.56 Å². The number of aromatic nitrogens is 2. The summed E-state index contributed by atoms with van der Waals surface area (Å²) in [6, 6.07) is 9.98. The number of nitrogens with two attached hydrogens (primary N) is 1. The van der Waals surface area contributed by atoms with Gasteiger partial charge in [0.05, 0.1) is 5.69 Å². The summed E-state index contributed by atoms with van der Waals surface area (Å²) in [6.45, 7) is 0. The summed E-state index contributed by atoms with van der Waals surface area (Å²) in [4.78, 5) is 16.1. The second kappa shape index (κ2) is 3.98. The van der Waals surface area contributed by atoms with Crippen LogP contribution in [0.15, 0.2) is 35.1 Å². The molecule has 4 nitrogen and oxygen atoms in total. The van der Waals surface area contributed by atoms with E-state index in [0.717, 1.165) is 18.5 Å². The first kappa shape index (κ1) is 11.0. The van der Waals surface area contributed by atoms with E-state index < -0.39 is 0 Å². The molecule has 1 aliphatic rings. The van der Waals surface area contributed by atoms with E-state index in [1.807, 2.05) is 12.1 Å². The summed E-state index contributed by atoms with van der Waals surface area (Å²) in [7, 11) is 1.64. The molecule has 0 atom stereocenters. The standard InChI is InChI=1S/C14H15N3O/c1-17-13(18)8-12(16-14(17)15)11-6-9-4-2-3-5-10(9)7-11/h2-5,8,11H,6-7H2,1H3,(H2,15,16). The van der Waals surface area contributed by atoms with Crippen LogP contribution in [0.1, 0.15) is 22.7 Å². The van der Waals surface area contributed by atoms with Crippen LogP contribution < -0.4 is 11.3 Å². The normalized spacial score (nSPS) is 14.7. The maximum atomic E-state index is 11.7. The van der Waals surface area contributed by atoms with Gasteiger partial charge in [-0.05, 0) is 24.0 Å². The topological polar surface area (TPSA) is 60.9 Å². The van der Waals surface area contributed by atoms with Crippen LogP contribution in [-0.4, -0.2) is 9.55 Å². The second-order valence-corrected chi connectivity index (χ2v) is 4.81. The molecular weight excluding hydrogens is 226 g/mol. The van der Waals surface area contributed by atoms with Crippen LogP contribution in [0.5, 0.6) is 0 Å². The van der Waals surface area contributed by atoms with E-state index >= 15 is 0 Å². The van der Waals surface area contributed by atoms with Gasteiger partial charge in [-0.2, -0.15) is 0 Å². The predicted molar refractivity (Wildman–Crippen MR) is 70.5 cm³/mol. The van der Waals surface area contributed by atoms with Gasteiger partial charge in [-0.1, -0.05) is 24.3 Å². The summed E-state index contributed by atoms with van der Waals surface area (Å²) in [6.07, 6.45) is 1.88. The van der Waals surface area contributed by atoms with Gasteiger partial charge < -0.3 is 5.73 Å². The third-order valence-electron chi connectivity index (χ3n) is 3.66. The largest absolute Gasteiger partial charge is 0.369 e. The number of fused-ring (bicyclic) bond motifs is 1. The molecule has 2 aromatic rings. The number of nitrogen functional groups attached to an aromatic ring is 1. The average molecular weight is 241 g/mol. The lowest BCUT2D eigenvalue weighted by Gasteiger charge is -2.10. The van der Waals surface area contributed by atoms with Crippen LogP contribution >= 0.6 is 0 Å². The maximum absolute atomic E-state index is 11.7. The zero-order valence-electron chi connectivity index (χ0n) is 10.3. The molecule has 1 aromatic carbocycles. The smallest absolute Gasteiger partial charge is 0.254 e. The molecule has 0 radical (unpaired) electrons. The second-order valence-electron chi connectivity index (χ2n) is 4.81. The molecular formula is C14H15N3O. The van der Waals surface area contributed by atoms with Gasteiger partial charge in [-0.3, -0.25) is 9.36 Å². The van der Waals surface area contributed by atoms with Crippen LogP contribution in [-0.2, 0) is 19.9 Å². The molecule has 0 saturated heterocycles. The monoisotopic (exact) mass is 241 g/mol. The van der Waals surface area contributed by atoms with Crippen molar-refractivity contribution in [1.82, 2.24) is 9.55 Å². The highest BCUT2D eigenvalue weighted by Crippen LogP contribution is 2.32. The van der Waals surface area contributed by atoms with Crippen molar-refractivity contribution in [1.29, 1.82) is 0 Å². The Morgan fingerprint density at radius 1 is 1.28 bits per heavy atom. The quantitative estimate of drug-likeness (QED) is 0.817. The summed E-state index contributed by atoms with van der Waals surface area (Å²) >= 11 is 0. The van der Waals surface area contributed by atoms with Crippen LogP contribution in [0.25, 0.3) is 0 Å². The number of nitrogens with zero attached hydrogens (tertiary/aromatic N) is 2. The summed E-state index contributed by atoms with van der Waals surface area (Å²) in [5.41, 5.74) is 9.17.